The van der Waals surface area contributed by atoms with Gasteiger partial charge in [0, 0.05) is 5.39 Å². The number of fused-ring (bicyclic) bond motifs is 1. The molecule has 0 heterocycles. The van der Waals surface area contributed by atoms with Crippen molar-refractivity contribution in [3.8, 4) is 0 Å². The Balaban J connectivity index is 0.00000144. The number of nitrogen functional groups attached to an aromatic ring is 2. The summed E-state index contributed by atoms with van der Waals surface area (Å²) in [7, 11) is -4.64. The van der Waals surface area contributed by atoms with E-state index in [4.69, 9.17) is 11.5 Å². The van der Waals surface area contributed by atoms with Crippen LogP contribution in [-0.2, 0) is 10.1 Å². The Kier molecular flexibility index (Phi) is 4.06. The molecular formula is C10H9N2NaO3S. The summed E-state index contributed by atoms with van der Waals surface area (Å²) in [6.07, 6.45) is 0. The normalized spacial score (nSPS) is 11.1. The smallest absolute Gasteiger partial charge is 0.744 e. The fraction of sp³-hybridized carbons (Fsp3) is 0. The Morgan fingerprint density at radius 2 is 1.71 bits per heavy atom. The number of hydrogen-bond donors (Lipinski definition) is 2. The van der Waals surface area contributed by atoms with Crippen LogP contribution >= 0.6 is 0 Å². The third kappa shape index (κ3) is 2.56. The Hall–Kier alpha value is -0.790. The van der Waals surface area contributed by atoms with E-state index >= 15 is 0 Å². The van der Waals surface area contributed by atoms with E-state index in [9.17, 15) is 13.0 Å². The molecule has 2 aromatic rings. The van der Waals surface area contributed by atoms with Crippen LogP contribution in [0.25, 0.3) is 10.8 Å². The van der Waals surface area contributed by atoms with Crippen molar-refractivity contribution in [1.82, 2.24) is 0 Å². The van der Waals surface area contributed by atoms with Crippen molar-refractivity contribution >= 4 is 32.3 Å². The number of hydrogen-bond acceptors (Lipinski definition) is 5. The number of nitrogens with two attached hydrogens (primary N) is 2. The molecule has 0 aromatic heterocycles. The maximum atomic E-state index is 11.1. The minimum Gasteiger partial charge on any atom is -0.744 e. The second-order valence-corrected chi connectivity index (χ2v) is 4.70. The van der Waals surface area contributed by atoms with E-state index in [0.29, 0.717) is 10.8 Å². The second-order valence-electron chi connectivity index (χ2n) is 3.38. The first-order valence-corrected chi connectivity index (χ1v) is 5.84. The van der Waals surface area contributed by atoms with Gasteiger partial charge >= 0.3 is 29.6 Å². The van der Waals surface area contributed by atoms with Crippen LogP contribution in [0.5, 0.6) is 0 Å². The van der Waals surface area contributed by atoms with Crippen LogP contribution in [-0.4, -0.2) is 13.0 Å². The van der Waals surface area contributed by atoms with Gasteiger partial charge in [-0.25, -0.2) is 8.42 Å². The van der Waals surface area contributed by atoms with Crippen molar-refractivity contribution in [3.63, 3.8) is 0 Å². The summed E-state index contributed by atoms with van der Waals surface area (Å²) in [6.45, 7) is 0. The molecule has 0 amide bonds. The Bertz CT molecular complexity index is 671. The van der Waals surface area contributed by atoms with Crippen molar-refractivity contribution in [1.29, 1.82) is 0 Å². The van der Waals surface area contributed by atoms with E-state index in [0.717, 1.165) is 0 Å². The standard InChI is InChI=1S/C10H10N2O3S.Na/c11-8-5-6-3-1-2-4-7(6)10(9(8)12)16(13,14)15;/h1-5H,11-12H2,(H,13,14,15);/q;+1/p-1. The molecule has 4 N–H and O–H groups in total. The van der Waals surface area contributed by atoms with Gasteiger partial charge in [0.2, 0.25) is 0 Å². The molecule has 0 saturated heterocycles. The zero-order valence-corrected chi connectivity index (χ0v) is 12.0. The van der Waals surface area contributed by atoms with Gasteiger partial charge in [0.05, 0.1) is 16.3 Å². The van der Waals surface area contributed by atoms with Crippen molar-refractivity contribution in [2.45, 2.75) is 4.90 Å². The van der Waals surface area contributed by atoms with Crippen LogP contribution < -0.4 is 41.0 Å². The molecule has 2 aromatic carbocycles. The van der Waals surface area contributed by atoms with E-state index in [1.165, 1.54) is 6.07 Å². The molecular weight excluding hydrogens is 251 g/mol. The van der Waals surface area contributed by atoms with Crippen molar-refractivity contribution in [2.24, 2.45) is 0 Å². The van der Waals surface area contributed by atoms with Crippen LogP contribution in [0.1, 0.15) is 0 Å². The molecule has 0 spiro atoms. The van der Waals surface area contributed by atoms with E-state index in [1.54, 1.807) is 24.3 Å². The molecule has 2 rings (SSSR count). The van der Waals surface area contributed by atoms with Gasteiger partial charge in [0.1, 0.15) is 10.1 Å². The van der Waals surface area contributed by atoms with Crippen LogP contribution in [0.2, 0.25) is 0 Å². The van der Waals surface area contributed by atoms with Crippen LogP contribution in [0.4, 0.5) is 11.4 Å². The molecule has 0 aliphatic heterocycles. The monoisotopic (exact) mass is 260 g/mol. The molecule has 0 aliphatic carbocycles. The summed E-state index contributed by atoms with van der Waals surface area (Å²) < 4.78 is 33.4. The molecule has 0 aliphatic rings. The number of anilines is 2. The first kappa shape index (κ1) is 14.3. The van der Waals surface area contributed by atoms with Crippen LogP contribution in [0.15, 0.2) is 35.2 Å². The zero-order valence-electron chi connectivity index (χ0n) is 9.17. The van der Waals surface area contributed by atoms with Gasteiger partial charge in [-0.05, 0) is 11.5 Å². The molecule has 0 bridgehead atoms. The molecule has 5 nitrogen and oxygen atoms in total. The summed E-state index contributed by atoms with van der Waals surface area (Å²) in [5.41, 5.74) is 11.0. The van der Waals surface area contributed by atoms with Gasteiger partial charge in [-0.15, -0.1) is 0 Å². The topological polar surface area (TPSA) is 109 Å². The maximum absolute atomic E-state index is 11.1. The molecule has 7 heteroatoms. The summed E-state index contributed by atoms with van der Waals surface area (Å²) in [4.78, 5) is -0.442. The molecule has 0 radical (unpaired) electrons. The summed E-state index contributed by atoms with van der Waals surface area (Å²) >= 11 is 0. The molecule has 17 heavy (non-hydrogen) atoms. The van der Waals surface area contributed by atoms with Gasteiger partial charge in [0.25, 0.3) is 0 Å². The van der Waals surface area contributed by atoms with Gasteiger partial charge in [0.15, 0.2) is 0 Å². The van der Waals surface area contributed by atoms with Crippen LogP contribution in [0.3, 0.4) is 0 Å². The minimum absolute atomic E-state index is 0. The molecule has 0 unspecified atom stereocenters. The van der Waals surface area contributed by atoms with E-state index in [2.05, 4.69) is 0 Å². The summed E-state index contributed by atoms with van der Waals surface area (Å²) in [6, 6.07) is 8.08. The maximum Gasteiger partial charge on any atom is 1.00 e. The quantitative estimate of drug-likeness (QED) is 0.347. The summed E-state index contributed by atoms with van der Waals surface area (Å²) in [5, 5.41) is 0.868. The predicted octanol–water partition coefficient (Wildman–Crippen LogP) is -2.09. The largest absolute Gasteiger partial charge is 1.00 e. The fourth-order valence-corrected chi connectivity index (χ4v) is 2.46. The first-order chi connectivity index (χ1) is 7.41. The number of rotatable bonds is 1. The average Bonchev–Trinajstić information content (AvgIpc) is 2.17. The van der Waals surface area contributed by atoms with Crippen molar-refractivity contribution in [3.05, 3.63) is 30.3 Å². The van der Waals surface area contributed by atoms with Crippen molar-refractivity contribution < 1.29 is 42.5 Å². The zero-order chi connectivity index (χ0) is 11.9. The van der Waals surface area contributed by atoms with E-state index < -0.39 is 15.0 Å². The predicted molar refractivity (Wildman–Crippen MR) is 60.7 cm³/mol. The number of benzene rings is 2. The van der Waals surface area contributed by atoms with E-state index in [1.807, 2.05) is 0 Å². The van der Waals surface area contributed by atoms with Gasteiger partial charge in [-0.1, -0.05) is 24.3 Å². The minimum atomic E-state index is -4.64. The third-order valence-electron chi connectivity index (χ3n) is 2.32. The van der Waals surface area contributed by atoms with Gasteiger partial charge in [-0.2, -0.15) is 0 Å². The van der Waals surface area contributed by atoms with Crippen molar-refractivity contribution in [2.75, 3.05) is 11.5 Å². The third-order valence-corrected chi connectivity index (χ3v) is 3.26. The molecule has 0 atom stereocenters. The SMILES string of the molecule is Nc1cc2ccccc2c(S(=O)(=O)[O-])c1N.[Na+]. The van der Waals surface area contributed by atoms with Gasteiger partial charge < -0.3 is 16.0 Å². The Labute approximate surface area is 121 Å². The first-order valence-electron chi connectivity index (χ1n) is 4.44. The summed E-state index contributed by atoms with van der Waals surface area (Å²) in [5.74, 6) is 0. The molecule has 0 saturated carbocycles. The van der Waals surface area contributed by atoms with Gasteiger partial charge in [-0.3, -0.25) is 0 Å². The fourth-order valence-electron chi connectivity index (χ4n) is 1.62. The average molecular weight is 260 g/mol. The van der Waals surface area contributed by atoms with Crippen LogP contribution in [0, 0.1) is 0 Å². The van der Waals surface area contributed by atoms with E-state index in [-0.39, 0.29) is 40.9 Å². The Morgan fingerprint density at radius 1 is 1.12 bits per heavy atom. The Morgan fingerprint density at radius 3 is 2.29 bits per heavy atom. The molecule has 0 fully saturated rings. The molecule has 84 valence electrons. The second kappa shape index (κ2) is 4.83.